The molecular formula is C14H23N. The van der Waals surface area contributed by atoms with Gasteiger partial charge in [-0.15, -0.1) is 0 Å². The zero-order chi connectivity index (χ0) is 11.3. The zero-order valence-corrected chi connectivity index (χ0v) is 10.4. The maximum Gasteiger partial charge on any atom is 0.0340 e. The number of hydrogen-bond donors (Lipinski definition) is 1. The molecule has 84 valence electrons. The molecule has 0 aliphatic rings. The van der Waals surface area contributed by atoms with Crippen molar-refractivity contribution in [3.63, 3.8) is 0 Å². The molecule has 1 nitrogen and oxygen atoms in total. The molecule has 0 saturated heterocycles. The Labute approximate surface area is 93.9 Å². The Kier molecular flexibility index (Phi) is 4.67. The van der Waals surface area contributed by atoms with E-state index in [-0.39, 0.29) is 0 Å². The number of nitrogens with one attached hydrogen (secondary N) is 1. The average molecular weight is 205 g/mol. The number of hydrogen-bond acceptors (Lipinski definition) is 1. The fourth-order valence-corrected chi connectivity index (χ4v) is 1.42. The SMILES string of the molecule is CCC(C)CNc1ccc(C(C)C)cc1. The molecule has 15 heavy (non-hydrogen) atoms. The summed E-state index contributed by atoms with van der Waals surface area (Å²) in [4.78, 5) is 0. The summed E-state index contributed by atoms with van der Waals surface area (Å²) in [5.41, 5.74) is 2.64. The molecule has 0 heterocycles. The third-order valence-electron chi connectivity index (χ3n) is 2.93. The molecular weight excluding hydrogens is 182 g/mol. The highest BCUT2D eigenvalue weighted by Gasteiger charge is 2.00. The predicted molar refractivity (Wildman–Crippen MR) is 68.5 cm³/mol. The van der Waals surface area contributed by atoms with Gasteiger partial charge in [-0.2, -0.15) is 0 Å². The maximum atomic E-state index is 3.46. The Morgan fingerprint density at radius 3 is 2.13 bits per heavy atom. The van der Waals surface area contributed by atoms with Gasteiger partial charge >= 0.3 is 0 Å². The van der Waals surface area contributed by atoms with Gasteiger partial charge in [0.15, 0.2) is 0 Å². The first-order valence-corrected chi connectivity index (χ1v) is 5.97. The lowest BCUT2D eigenvalue weighted by atomic mass is 10.0. The van der Waals surface area contributed by atoms with Crippen molar-refractivity contribution in [2.24, 2.45) is 5.92 Å². The van der Waals surface area contributed by atoms with Gasteiger partial charge in [-0.25, -0.2) is 0 Å². The first-order valence-electron chi connectivity index (χ1n) is 5.97. The van der Waals surface area contributed by atoms with Crippen molar-refractivity contribution in [2.45, 2.75) is 40.0 Å². The summed E-state index contributed by atoms with van der Waals surface area (Å²) >= 11 is 0. The van der Waals surface area contributed by atoms with Crippen molar-refractivity contribution in [1.29, 1.82) is 0 Å². The van der Waals surface area contributed by atoms with Crippen molar-refractivity contribution >= 4 is 5.69 Å². The minimum Gasteiger partial charge on any atom is -0.385 e. The van der Waals surface area contributed by atoms with Gasteiger partial charge < -0.3 is 5.32 Å². The lowest BCUT2D eigenvalue weighted by Crippen LogP contribution is -2.10. The minimum absolute atomic E-state index is 0.619. The van der Waals surface area contributed by atoms with Gasteiger partial charge in [0.25, 0.3) is 0 Å². The largest absolute Gasteiger partial charge is 0.385 e. The van der Waals surface area contributed by atoms with Crippen LogP contribution in [-0.2, 0) is 0 Å². The van der Waals surface area contributed by atoms with Crippen molar-refractivity contribution < 1.29 is 0 Å². The van der Waals surface area contributed by atoms with Gasteiger partial charge in [0.2, 0.25) is 0 Å². The summed E-state index contributed by atoms with van der Waals surface area (Å²) in [6, 6.07) is 8.78. The van der Waals surface area contributed by atoms with E-state index < -0.39 is 0 Å². The van der Waals surface area contributed by atoms with Crippen LogP contribution in [0.25, 0.3) is 0 Å². The van der Waals surface area contributed by atoms with Crippen LogP contribution in [-0.4, -0.2) is 6.54 Å². The van der Waals surface area contributed by atoms with Gasteiger partial charge in [-0.1, -0.05) is 46.2 Å². The average Bonchev–Trinajstić information content (AvgIpc) is 2.26. The Morgan fingerprint density at radius 2 is 1.67 bits per heavy atom. The van der Waals surface area contributed by atoms with Crippen LogP contribution in [0.3, 0.4) is 0 Å². The minimum atomic E-state index is 0.619. The molecule has 0 bridgehead atoms. The fraction of sp³-hybridized carbons (Fsp3) is 0.571. The van der Waals surface area contributed by atoms with Crippen LogP contribution < -0.4 is 5.32 Å². The van der Waals surface area contributed by atoms with Gasteiger partial charge in [-0.05, 0) is 29.5 Å². The van der Waals surface area contributed by atoms with Crippen LogP contribution >= 0.6 is 0 Å². The van der Waals surface area contributed by atoms with E-state index in [1.54, 1.807) is 0 Å². The lowest BCUT2D eigenvalue weighted by molar-refractivity contribution is 0.593. The third kappa shape index (κ3) is 3.94. The van der Waals surface area contributed by atoms with Crippen molar-refractivity contribution in [1.82, 2.24) is 0 Å². The highest BCUT2D eigenvalue weighted by molar-refractivity contribution is 5.45. The predicted octanol–water partition coefficient (Wildman–Crippen LogP) is 4.27. The Morgan fingerprint density at radius 1 is 1.07 bits per heavy atom. The van der Waals surface area contributed by atoms with Crippen LogP contribution in [0, 0.1) is 5.92 Å². The van der Waals surface area contributed by atoms with E-state index in [1.807, 2.05) is 0 Å². The molecule has 0 aliphatic heterocycles. The van der Waals surface area contributed by atoms with E-state index in [2.05, 4.69) is 57.3 Å². The Bertz CT molecular complexity index is 274. The first-order chi connectivity index (χ1) is 7.13. The van der Waals surface area contributed by atoms with E-state index in [4.69, 9.17) is 0 Å². The van der Waals surface area contributed by atoms with E-state index in [1.165, 1.54) is 17.7 Å². The van der Waals surface area contributed by atoms with Crippen molar-refractivity contribution in [2.75, 3.05) is 11.9 Å². The zero-order valence-electron chi connectivity index (χ0n) is 10.4. The summed E-state index contributed by atoms with van der Waals surface area (Å²) in [6.45, 7) is 10.0. The highest BCUT2D eigenvalue weighted by Crippen LogP contribution is 2.17. The van der Waals surface area contributed by atoms with Crippen LogP contribution in [0.15, 0.2) is 24.3 Å². The van der Waals surface area contributed by atoms with E-state index in [0.717, 1.165) is 12.5 Å². The monoisotopic (exact) mass is 205 g/mol. The summed E-state index contributed by atoms with van der Waals surface area (Å²) in [5.74, 6) is 1.36. The van der Waals surface area contributed by atoms with Crippen LogP contribution in [0.1, 0.15) is 45.6 Å². The Hall–Kier alpha value is -0.980. The van der Waals surface area contributed by atoms with E-state index in [0.29, 0.717) is 5.92 Å². The molecule has 1 heteroatoms. The quantitative estimate of drug-likeness (QED) is 0.757. The van der Waals surface area contributed by atoms with Gasteiger partial charge in [0.1, 0.15) is 0 Å². The van der Waals surface area contributed by atoms with Crippen molar-refractivity contribution in [3.05, 3.63) is 29.8 Å². The molecule has 1 atom stereocenters. The molecule has 0 spiro atoms. The summed E-state index contributed by atoms with van der Waals surface area (Å²) in [5, 5.41) is 3.46. The van der Waals surface area contributed by atoms with E-state index in [9.17, 15) is 0 Å². The van der Waals surface area contributed by atoms with Crippen molar-refractivity contribution in [3.8, 4) is 0 Å². The molecule has 1 unspecified atom stereocenters. The van der Waals surface area contributed by atoms with Gasteiger partial charge in [0.05, 0.1) is 0 Å². The molecule has 0 radical (unpaired) electrons. The standard InChI is InChI=1S/C14H23N/c1-5-12(4)10-15-14-8-6-13(7-9-14)11(2)3/h6-9,11-12,15H,5,10H2,1-4H3. The van der Waals surface area contributed by atoms with Gasteiger partial charge in [-0.3, -0.25) is 0 Å². The summed E-state index contributed by atoms with van der Waals surface area (Å²) in [7, 11) is 0. The van der Waals surface area contributed by atoms with Crippen LogP contribution in [0.2, 0.25) is 0 Å². The molecule has 1 rings (SSSR count). The van der Waals surface area contributed by atoms with E-state index >= 15 is 0 Å². The molecule has 0 fully saturated rings. The number of anilines is 1. The van der Waals surface area contributed by atoms with Crippen LogP contribution in [0.5, 0.6) is 0 Å². The number of rotatable bonds is 5. The topological polar surface area (TPSA) is 12.0 Å². The van der Waals surface area contributed by atoms with Gasteiger partial charge in [0, 0.05) is 12.2 Å². The molecule has 1 aromatic carbocycles. The Balaban J connectivity index is 2.50. The third-order valence-corrected chi connectivity index (χ3v) is 2.93. The smallest absolute Gasteiger partial charge is 0.0340 e. The highest BCUT2D eigenvalue weighted by atomic mass is 14.9. The first kappa shape index (κ1) is 12.1. The molecule has 1 aromatic rings. The fourth-order valence-electron chi connectivity index (χ4n) is 1.42. The molecule has 0 aromatic heterocycles. The summed E-state index contributed by atoms with van der Waals surface area (Å²) < 4.78 is 0. The lowest BCUT2D eigenvalue weighted by Gasteiger charge is -2.12. The molecule has 0 saturated carbocycles. The number of benzene rings is 1. The molecule has 0 aliphatic carbocycles. The second-order valence-electron chi connectivity index (χ2n) is 4.67. The maximum absolute atomic E-state index is 3.46. The molecule has 0 amide bonds. The summed E-state index contributed by atoms with van der Waals surface area (Å²) in [6.07, 6.45) is 1.23. The molecule has 1 N–H and O–H groups in total. The second kappa shape index (κ2) is 5.79. The van der Waals surface area contributed by atoms with Crippen LogP contribution in [0.4, 0.5) is 5.69 Å². The second-order valence-corrected chi connectivity index (χ2v) is 4.67. The normalized spacial score (nSPS) is 12.9.